The van der Waals surface area contributed by atoms with Gasteiger partial charge in [-0.25, -0.2) is 4.18 Å². The van der Waals surface area contributed by atoms with Gasteiger partial charge < -0.3 is 20.4 Å². The Morgan fingerprint density at radius 1 is 0.600 bits per heavy atom. The molecule has 0 radical (unpaired) electrons. The topological polar surface area (TPSA) is 145 Å². The molecule has 0 aromatic heterocycles. The van der Waals surface area contributed by atoms with Crippen LogP contribution in [0.25, 0.3) is 0 Å². The lowest BCUT2D eigenvalue weighted by atomic mass is 9.41. The van der Waals surface area contributed by atoms with E-state index in [4.69, 9.17) is 4.55 Å². The Kier molecular flexibility index (Phi) is 14.2. The molecule has 348 valence electrons. The standard InChI is InChI=1S/C26H46O2.C25H44O6S/c1-6-18-22-15-16(2)9-12-26(22,5)21-10-13-25(4)19(17(3)11-14-27)7-8-20(25)23(21)24(18)28;1-5-17-21-14-16(26)8-11-25(21,4)20-9-12-24(3)18(6-7-19(24)22(20)23(17)27)15(2)10-13-31-32(28,29)30/h16-24,27-28H,6-15H2,1-5H3;15-23,26-27H,5-14H2,1-4H3,(H,28,29,30)/t16-,17-,18-,19-,20?,21?,22+,23+,24-,25-,26-;15-,16-,17-,18-,19?,20?,21+,22+,23-,24-,25-/m11/s1. The molecule has 0 spiro atoms. The van der Waals surface area contributed by atoms with Gasteiger partial charge in [-0.15, -0.1) is 0 Å². The molecule has 9 heteroatoms. The first-order valence-electron chi connectivity index (χ1n) is 25.5. The number of hydrogen-bond donors (Lipinski definition) is 5. The Hall–Kier alpha value is -0.290. The summed E-state index contributed by atoms with van der Waals surface area (Å²) in [5, 5.41) is 43.4. The smallest absolute Gasteiger partial charge is 0.396 e. The van der Waals surface area contributed by atoms with Gasteiger partial charge in [0.25, 0.3) is 0 Å². The van der Waals surface area contributed by atoms with E-state index < -0.39 is 10.4 Å². The molecule has 8 saturated carbocycles. The summed E-state index contributed by atoms with van der Waals surface area (Å²) in [6.45, 7) is 21.9. The summed E-state index contributed by atoms with van der Waals surface area (Å²) >= 11 is 0. The molecule has 0 saturated heterocycles. The lowest BCUT2D eigenvalue weighted by Crippen LogP contribution is -2.62. The van der Waals surface area contributed by atoms with Crippen molar-refractivity contribution in [2.75, 3.05) is 13.2 Å². The lowest BCUT2D eigenvalue weighted by Gasteiger charge is -2.65. The maximum absolute atomic E-state index is 11.8. The average molecular weight is 863 g/mol. The van der Waals surface area contributed by atoms with E-state index in [1.807, 2.05) is 0 Å². The van der Waals surface area contributed by atoms with E-state index in [9.17, 15) is 28.8 Å². The van der Waals surface area contributed by atoms with E-state index in [0.717, 1.165) is 87.9 Å². The zero-order valence-corrected chi connectivity index (χ0v) is 40.2. The van der Waals surface area contributed by atoms with Gasteiger partial charge in [-0.1, -0.05) is 81.6 Å². The van der Waals surface area contributed by atoms with Crippen LogP contribution in [0.1, 0.15) is 178 Å². The maximum Gasteiger partial charge on any atom is 0.397 e. The second-order valence-corrected chi connectivity index (χ2v) is 25.3. The number of aliphatic hydroxyl groups excluding tert-OH is 4. The maximum atomic E-state index is 11.8. The summed E-state index contributed by atoms with van der Waals surface area (Å²) in [7, 11) is -4.39. The second-order valence-electron chi connectivity index (χ2n) is 24.2. The summed E-state index contributed by atoms with van der Waals surface area (Å²) in [4.78, 5) is 0. The highest BCUT2D eigenvalue weighted by Crippen LogP contribution is 2.71. The van der Waals surface area contributed by atoms with Gasteiger partial charge in [0.1, 0.15) is 0 Å². The van der Waals surface area contributed by atoms with Gasteiger partial charge in [0, 0.05) is 6.61 Å². The predicted octanol–water partition coefficient (Wildman–Crippen LogP) is 10.4. The molecule has 4 unspecified atom stereocenters. The van der Waals surface area contributed by atoms with E-state index in [0.29, 0.717) is 83.0 Å². The first kappa shape index (κ1) is 47.7. The van der Waals surface area contributed by atoms with Crippen LogP contribution in [-0.4, -0.2) is 64.9 Å². The van der Waals surface area contributed by atoms with Gasteiger partial charge in [0.05, 0.1) is 24.9 Å². The molecule has 8 rings (SSSR count). The zero-order valence-electron chi connectivity index (χ0n) is 39.4. The van der Waals surface area contributed by atoms with Gasteiger partial charge in [-0.3, -0.25) is 4.55 Å². The van der Waals surface area contributed by atoms with Crippen LogP contribution < -0.4 is 0 Å². The van der Waals surface area contributed by atoms with Crippen molar-refractivity contribution in [2.24, 2.45) is 110 Å². The van der Waals surface area contributed by atoms with Crippen LogP contribution in [-0.2, 0) is 14.6 Å². The van der Waals surface area contributed by atoms with E-state index in [1.165, 1.54) is 44.9 Å². The minimum absolute atomic E-state index is 0.0198. The molecule has 0 heterocycles. The van der Waals surface area contributed by atoms with Gasteiger partial charge in [-0.05, 0) is 207 Å². The molecule has 8 fully saturated rings. The highest BCUT2D eigenvalue weighted by atomic mass is 32.3. The monoisotopic (exact) mass is 863 g/mol. The van der Waals surface area contributed by atoms with Crippen LogP contribution in [0, 0.1) is 110 Å². The molecule has 60 heavy (non-hydrogen) atoms. The van der Waals surface area contributed by atoms with Crippen LogP contribution in [0.3, 0.4) is 0 Å². The third kappa shape index (κ3) is 8.06. The molecule has 0 bridgehead atoms. The quantitative estimate of drug-likeness (QED) is 0.137. The average Bonchev–Trinajstić information content (AvgIpc) is 3.73. The lowest BCUT2D eigenvalue weighted by molar-refractivity contribution is -0.203. The third-order valence-corrected chi connectivity index (χ3v) is 22.4. The minimum Gasteiger partial charge on any atom is -0.396 e. The minimum atomic E-state index is -4.39. The number of aliphatic hydroxyl groups is 4. The molecular formula is C51H90O8S. The summed E-state index contributed by atoms with van der Waals surface area (Å²) in [6.07, 6.45) is 19.8. The van der Waals surface area contributed by atoms with Crippen molar-refractivity contribution < 1.29 is 37.6 Å². The summed E-state index contributed by atoms with van der Waals surface area (Å²) in [6, 6.07) is 0. The SMILES string of the molecule is CC[C@H]1[C@@H](O)[C@H]2C3CC[C@H]([C@H](C)CCO)[C@@]3(C)CCC2[C@@]2(C)CC[C@@H](C)C[C@@H]12.CC[C@H]1[C@@H](O)[C@H]2C3CC[C@H]([C@H](C)CCOS(=O)(=O)O)[C@@]3(C)CCC2[C@@]2(C)CC[C@@H](O)C[C@@H]12. The van der Waals surface area contributed by atoms with Crippen molar-refractivity contribution in [3.63, 3.8) is 0 Å². The largest absolute Gasteiger partial charge is 0.397 e. The number of hydrogen-bond acceptors (Lipinski definition) is 7. The van der Waals surface area contributed by atoms with Crippen LogP contribution in [0.15, 0.2) is 0 Å². The van der Waals surface area contributed by atoms with Crippen LogP contribution >= 0.6 is 0 Å². The predicted molar refractivity (Wildman–Crippen MR) is 239 cm³/mol. The summed E-state index contributed by atoms with van der Waals surface area (Å²) < 4.78 is 35.4. The molecular weight excluding hydrogens is 773 g/mol. The Labute approximate surface area is 366 Å². The zero-order chi connectivity index (χ0) is 43.7. The van der Waals surface area contributed by atoms with Crippen molar-refractivity contribution in [1.29, 1.82) is 0 Å². The van der Waals surface area contributed by atoms with E-state index in [-0.39, 0.29) is 41.7 Å². The normalized spacial score (nSPS) is 52.0. The van der Waals surface area contributed by atoms with Gasteiger partial charge in [-0.2, -0.15) is 8.42 Å². The molecule has 0 aromatic carbocycles. The van der Waals surface area contributed by atoms with E-state index >= 15 is 0 Å². The molecule has 0 aliphatic heterocycles. The molecule has 8 aliphatic carbocycles. The second kappa shape index (κ2) is 17.8. The molecule has 5 N–H and O–H groups in total. The van der Waals surface area contributed by atoms with E-state index in [2.05, 4.69) is 66.5 Å². The van der Waals surface area contributed by atoms with Crippen molar-refractivity contribution in [3.8, 4) is 0 Å². The first-order valence-corrected chi connectivity index (χ1v) is 26.8. The molecule has 8 nitrogen and oxygen atoms in total. The fourth-order valence-electron chi connectivity index (χ4n) is 19.0. The molecule has 22 atom stereocenters. The summed E-state index contributed by atoms with van der Waals surface area (Å²) in [5.41, 5.74) is 1.18. The van der Waals surface area contributed by atoms with Crippen molar-refractivity contribution in [2.45, 2.75) is 196 Å². The molecule has 0 aromatic rings. The van der Waals surface area contributed by atoms with Crippen LogP contribution in [0.2, 0.25) is 0 Å². The summed E-state index contributed by atoms with van der Waals surface area (Å²) in [5.74, 6) is 8.13. The fraction of sp³-hybridized carbons (Fsp3) is 1.00. The Bertz CT molecular complexity index is 1570. The number of rotatable bonds is 10. The van der Waals surface area contributed by atoms with E-state index in [1.54, 1.807) is 0 Å². The highest BCUT2D eigenvalue weighted by molar-refractivity contribution is 7.80. The Morgan fingerprint density at radius 3 is 1.50 bits per heavy atom. The third-order valence-electron chi connectivity index (χ3n) is 22.0. The fourth-order valence-corrected chi connectivity index (χ4v) is 19.3. The van der Waals surface area contributed by atoms with Gasteiger partial charge >= 0.3 is 10.4 Å². The van der Waals surface area contributed by atoms with Gasteiger partial charge in [0.2, 0.25) is 0 Å². The number of fused-ring (bicyclic) bond motifs is 10. The van der Waals surface area contributed by atoms with Crippen LogP contribution in [0.5, 0.6) is 0 Å². The highest BCUT2D eigenvalue weighted by Gasteiger charge is 2.66. The van der Waals surface area contributed by atoms with Crippen LogP contribution in [0.4, 0.5) is 0 Å². The van der Waals surface area contributed by atoms with Crippen molar-refractivity contribution in [3.05, 3.63) is 0 Å². The van der Waals surface area contributed by atoms with Crippen molar-refractivity contribution >= 4 is 10.4 Å². The molecule has 8 aliphatic rings. The van der Waals surface area contributed by atoms with Crippen molar-refractivity contribution in [1.82, 2.24) is 0 Å². The first-order chi connectivity index (χ1) is 28.2. The molecule has 0 amide bonds. The Balaban J connectivity index is 0.000000183. The van der Waals surface area contributed by atoms with Gasteiger partial charge in [0.15, 0.2) is 0 Å². The Morgan fingerprint density at radius 2 is 1.03 bits per heavy atom.